The predicted octanol–water partition coefficient (Wildman–Crippen LogP) is 3.85. The van der Waals surface area contributed by atoms with Crippen LogP contribution in [0, 0.1) is 19.7 Å². The van der Waals surface area contributed by atoms with E-state index in [-0.39, 0.29) is 11.7 Å². The zero-order chi connectivity index (χ0) is 15.4. The molecule has 0 spiro atoms. The SMILES string of the molecule is Cc1ccc(O[C@@H](C)C(=O)Nc2ccc(F)cc2C)cc1. The standard InChI is InChI=1S/C17H18FNO2/c1-11-4-7-15(8-5-11)21-13(3)17(20)19-16-9-6-14(18)10-12(16)2/h4-10,13H,1-3H3,(H,19,20)/t13-/m0/s1. The summed E-state index contributed by atoms with van der Waals surface area (Å²) >= 11 is 0. The van der Waals surface area contributed by atoms with E-state index in [0.717, 1.165) is 5.56 Å². The summed E-state index contributed by atoms with van der Waals surface area (Å²) in [4.78, 5) is 12.1. The van der Waals surface area contributed by atoms with Crippen LogP contribution in [-0.4, -0.2) is 12.0 Å². The third-order valence-electron chi connectivity index (χ3n) is 3.15. The average Bonchev–Trinajstić information content (AvgIpc) is 2.44. The summed E-state index contributed by atoms with van der Waals surface area (Å²) in [5.74, 6) is 0.0406. The molecule has 110 valence electrons. The van der Waals surface area contributed by atoms with Crippen molar-refractivity contribution in [1.82, 2.24) is 0 Å². The molecule has 0 fully saturated rings. The minimum absolute atomic E-state index is 0.273. The van der Waals surface area contributed by atoms with Gasteiger partial charge in [0.05, 0.1) is 0 Å². The van der Waals surface area contributed by atoms with Gasteiger partial charge in [0, 0.05) is 5.69 Å². The molecule has 2 rings (SSSR count). The van der Waals surface area contributed by atoms with E-state index in [0.29, 0.717) is 17.0 Å². The summed E-state index contributed by atoms with van der Waals surface area (Å²) in [7, 11) is 0. The molecule has 2 aromatic carbocycles. The smallest absolute Gasteiger partial charge is 0.265 e. The number of rotatable bonds is 4. The maximum absolute atomic E-state index is 13.0. The van der Waals surface area contributed by atoms with Gasteiger partial charge in [-0.15, -0.1) is 0 Å². The lowest BCUT2D eigenvalue weighted by molar-refractivity contribution is -0.122. The van der Waals surface area contributed by atoms with E-state index in [9.17, 15) is 9.18 Å². The molecule has 3 nitrogen and oxygen atoms in total. The third-order valence-corrected chi connectivity index (χ3v) is 3.15. The van der Waals surface area contributed by atoms with Crippen molar-refractivity contribution in [2.45, 2.75) is 26.9 Å². The molecule has 2 aromatic rings. The Balaban J connectivity index is 2.00. The maximum atomic E-state index is 13.0. The molecule has 0 saturated carbocycles. The van der Waals surface area contributed by atoms with Crippen molar-refractivity contribution in [3.63, 3.8) is 0 Å². The summed E-state index contributed by atoms with van der Waals surface area (Å²) in [6, 6.07) is 11.7. The highest BCUT2D eigenvalue weighted by Gasteiger charge is 2.15. The number of nitrogens with one attached hydrogen (secondary N) is 1. The molecule has 0 aliphatic heterocycles. The minimum Gasteiger partial charge on any atom is -0.481 e. The zero-order valence-corrected chi connectivity index (χ0v) is 12.3. The van der Waals surface area contributed by atoms with Crippen molar-refractivity contribution in [3.8, 4) is 5.75 Å². The number of benzene rings is 2. The molecule has 0 bridgehead atoms. The molecule has 0 unspecified atom stereocenters. The van der Waals surface area contributed by atoms with Crippen LogP contribution in [-0.2, 0) is 4.79 Å². The molecular weight excluding hydrogens is 269 g/mol. The molecule has 4 heteroatoms. The van der Waals surface area contributed by atoms with E-state index >= 15 is 0 Å². The van der Waals surface area contributed by atoms with Crippen molar-refractivity contribution in [2.75, 3.05) is 5.32 Å². The second kappa shape index (κ2) is 6.39. The average molecular weight is 287 g/mol. The minimum atomic E-state index is -0.642. The molecule has 1 amide bonds. The summed E-state index contributed by atoms with van der Waals surface area (Å²) in [5, 5.41) is 2.74. The second-order valence-corrected chi connectivity index (χ2v) is 5.02. The fraction of sp³-hybridized carbons (Fsp3) is 0.235. The highest BCUT2D eigenvalue weighted by molar-refractivity contribution is 5.94. The van der Waals surface area contributed by atoms with Gasteiger partial charge in [0.15, 0.2) is 6.10 Å². The topological polar surface area (TPSA) is 38.3 Å². The molecule has 21 heavy (non-hydrogen) atoms. The van der Waals surface area contributed by atoms with Crippen molar-refractivity contribution in [1.29, 1.82) is 0 Å². The first-order valence-electron chi connectivity index (χ1n) is 6.76. The number of amides is 1. The van der Waals surface area contributed by atoms with Gasteiger partial charge in [-0.1, -0.05) is 17.7 Å². The Morgan fingerprint density at radius 2 is 1.81 bits per heavy atom. The molecule has 0 aliphatic rings. The van der Waals surface area contributed by atoms with Crippen molar-refractivity contribution in [3.05, 3.63) is 59.4 Å². The summed E-state index contributed by atoms with van der Waals surface area (Å²) in [6.45, 7) is 5.40. The molecule has 0 heterocycles. The number of ether oxygens (including phenoxy) is 1. The Hall–Kier alpha value is -2.36. The van der Waals surface area contributed by atoms with Gasteiger partial charge >= 0.3 is 0 Å². The lowest BCUT2D eigenvalue weighted by atomic mass is 10.2. The summed E-state index contributed by atoms with van der Waals surface area (Å²) in [5.41, 5.74) is 2.38. The van der Waals surface area contributed by atoms with E-state index in [1.807, 2.05) is 31.2 Å². The van der Waals surface area contributed by atoms with Crippen LogP contribution < -0.4 is 10.1 Å². The molecule has 0 aromatic heterocycles. The highest BCUT2D eigenvalue weighted by Crippen LogP contribution is 2.17. The largest absolute Gasteiger partial charge is 0.481 e. The van der Waals surface area contributed by atoms with Gasteiger partial charge in [-0.2, -0.15) is 0 Å². The summed E-state index contributed by atoms with van der Waals surface area (Å²) in [6.07, 6.45) is -0.642. The van der Waals surface area contributed by atoms with Crippen LogP contribution in [0.25, 0.3) is 0 Å². The molecule has 0 radical (unpaired) electrons. The number of anilines is 1. The Labute approximate surface area is 123 Å². The maximum Gasteiger partial charge on any atom is 0.265 e. The van der Waals surface area contributed by atoms with Crippen LogP contribution in [0.1, 0.15) is 18.1 Å². The Morgan fingerprint density at radius 3 is 2.43 bits per heavy atom. The van der Waals surface area contributed by atoms with E-state index in [2.05, 4.69) is 5.32 Å². The third kappa shape index (κ3) is 4.05. The number of aryl methyl sites for hydroxylation is 2. The van der Waals surface area contributed by atoms with Gasteiger partial charge in [-0.25, -0.2) is 4.39 Å². The normalized spacial score (nSPS) is 11.8. The van der Waals surface area contributed by atoms with Crippen molar-refractivity contribution in [2.24, 2.45) is 0 Å². The molecule has 1 atom stereocenters. The van der Waals surface area contributed by atoms with Gasteiger partial charge in [-0.05, 0) is 56.7 Å². The summed E-state index contributed by atoms with van der Waals surface area (Å²) < 4.78 is 18.6. The predicted molar refractivity (Wildman–Crippen MR) is 81.0 cm³/mol. The van der Waals surface area contributed by atoms with Gasteiger partial charge in [0.1, 0.15) is 11.6 Å². The molecule has 1 N–H and O–H groups in total. The van der Waals surface area contributed by atoms with Crippen molar-refractivity contribution < 1.29 is 13.9 Å². The quantitative estimate of drug-likeness (QED) is 0.927. The van der Waals surface area contributed by atoms with Crippen LogP contribution in [0.2, 0.25) is 0 Å². The van der Waals surface area contributed by atoms with Crippen molar-refractivity contribution >= 4 is 11.6 Å². The number of carbonyl (C=O) groups is 1. The molecule has 0 saturated heterocycles. The fourth-order valence-electron chi connectivity index (χ4n) is 1.88. The van der Waals surface area contributed by atoms with E-state index in [1.54, 1.807) is 19.9 Å². The molecular formula is C17H18FNO2. The molecule has 0 aliphatic carbocycles. The monoisotopic (exact) mass is 287 g/mol. The number of hydrogen-bond acceptors (Lipinski definition) is 2. The Kier molecular flexibility index (Phi) is 4.58. The fourth-order valence-corrected chi connectivity index (χ4v) is 1.88. The van der Waals surface area contributed by atoms with Gasteiger partial charge in [-0.3, -0.25) is 4.79 Å². The van der Waals surface area contributed by atoms with Crippen LogP contribution in [0.15, 0.2) is 42.5 Å². The first-order valence-corrected chi connectivity index (χ1v) is 6.76. The van der Waals surface area contributed by atoms with Gasteiger partial charge < -0.3 is 10.1 Å². The number of carbonyl (C=O) groups excluding carboxylic acids is 1. The first-order chi connectivity index (χ1) is 9.95. The van der Waals surface area contributed by atoms with Gasteiger partial charge in [0.2, 0.25) is 0 Å². The number of hydrogen-bond donors (Lipinski definition) is 1. The van der Waals surface area contributed by atoms with Gasteiger partial charge in [0.25, 0.3) is 5.91 Å². The first kappa shape index (κ1) is 15.0. The van der Waals surface area contributed by atoms with Crippen LogP contribution >= 0.6 is 0 Å². The number of halogens is 1. The second-order valence-electron chi connectivity index (χ2n) is 5.02. The van der Waals surface area contributed by atoms with Crippen LogP contribution in [0.4, 0.5) is 10.1 Å². The highest BCUT2D eigenvalue weighted by atomic mass is 19.1. The lowest BCUT2D eigenvalue weighted by Crippen LogP contribution is -2.30. The van der Waals surface area contributed by atoms with E-state index < -0.39 is 6.10 Å². The Morgan fingerprint density at radius 1 is 1.14 bits per heavy atom. The Bertz CT molecular complexity index is 638. The van der Waals surface area contributed by atoms with E-state index in [1.165, 1.54) is 12.1 Å². The van der Waals surface area contributed by atoms with Crippen LogP contribution in [0.5, 0.6) is 5.75 Å². The zero-order valence-electron chi connectivity index (χ0n) is 12.3. The van der Waals surface area contributed by atoms with Crippen LogP contribution in [0.3, 0.4) is 0 Å². The lowest BCUT2D eigenvalue weighted by Gasteiger charge is -2.16. The van der Waals surface area contributed by atoms with E-state index in [4.69, 9.17) is 4.74 Å².